The van der Waals surface area contributed by atoms with Gasteiger partial charge in [-0.2, -0.15) is 0 Å². The Morgan fingerprint density at radius 3 is 2.29 bits per heavy atom. The zero-order valence-corrected chi connectivity index (χ0v) is 13.1. The highest BCUT2D eigenvalue weighted by atomic mass is 35.5. The Morgan fingerprint density at radius 2 is 1.71 bits per heavy atom. The molecule has 1 atom stereocenters. The second-order valence-corrected chi connectivity index (χ2v) is 5.73. The molecule has 0 aromatic heterocycles. The second kappa shape index (κ2) is 6.94. The Hall–Kier alpha value is -1.55. The molecule has 5 heteroatoms. The number of halogens is 2. The standard InChI is InChI=1S/C16H16Cl2N2O/c1-20(10-11-7-13(17)9-14(18)8-11)16(21)15(19)12-5-3-2-4-6-12/h2-9,15H,10,19H2,1H3. The first-order valence-electron chi connectivity index (χ1n) is 6.48. The lowest BCUT2D eigenvalue weighted by atomic mass is 10.1. The molecule has 1 unspecified atom stereocenters. The molecule has 0 aliphatic heterocycles. The van der Waals surface area contributed by atoms with Crippen molar-refractivity contribution in [3.05, 3.63) is 69.7 Å². The van der Waals surface area contributed by atoms with Crippen LogP contribution >= 0.6 is 23.2 Å². The van der Waals surface area contributed by atoms with Gasteiger partial charge in [-0.1, -0.05) is 53.5 Å². The Morgan fingerprint density at radius 1 is 1.14 bits per heavy atom. The van der Waals surface area contributed by atoms with Crippen LogP contribution in [0, 0.1) is 0 Å². The number of rotatable bonds is 4. The van der Waals surface area contributed by atoms with Gasteiger partial charge in [-0.3, -0.25) is 4.79 Å². The van der Waals surface area contributed by atoms with E-state index in [0.29, 0.717) is 16.6 Å². The summed E-state index contributed by atoms with van der Waals surface area (Å²) in [5.74, 6) is -0.155. The molecule has 21 heavy (non-hydrogen) atoms. The molecule has 3 nitrogen and oxygen atoms in total. The fourth-order valence-corrected chi connectivity index (χ4v) is 2.67. The number of carbonyl (C=O) groups excluding carboxylic acids is 1. The van der Waals surface area contributed by atoms with E-state index in [1.54, 1.807) is 30.1 Å². The van der Waals surface area contributed by atoms with Gasteiger partial charge < -0.3 is 10.6 Å². The third kappa shape index (κ3) is 4.21. The molecule has 1 amide bonds. The van der Waals surface area contributed by atoms with E-state index in [-0.39, 0.29) is 5.91 Å². The molecule has 0 fully saturated rings. The van der Waals surface area contributed by atoms with Crippen LogP contribution in [0.4, 0.5) is 0 Å². The minimum atomic E-state index is -0.675. The fraction of sp³-hybridized carbons (Fsp3) is 0.188. The molecular weight excluding hydrogens is 307 g/mol. The Labute approximate surface area is 134 Å². The molecule has 0 heterocycles. The van der Waals surface area contributed by atoms with Crippen LogP contribution in [0.3, 0.4) is 0 Å². The highest BCUT2D eigenvalue weighted by molar-refractivity contribution is 6.34. The van der Waals surface area contributed by atoms with Crippen molar-refractivity contribution in [2.75, 3.05) is 7.05 Å². The molecule has 0 saturated heterocycles. The van der Waals surface area contributed by atoms with Crippen molar-refractivity contribution in [3.8, 4) is 0 Å². The van der Waals surface area contributed by atoms with Gasteiger partial charge in [-0.05, 0) is 29.3 Å². The van der Waals surface area contributed by atoms with Gasteiger partial charge >= 0.3 is 0 Å². The van der Waals surface area contributed by atoms with Crippen molar-refractivity contribution in [1.29, 1.82) is 0 Å². The average molecular weight is 323 g/mol. The van der Waals surface area contributed by atoms with Crippen LogP contribution in [0.25, 0.3) is 0 Å². The number of amides is 1. The van der Waals surface area contributed by atoms with Gasteiger partial charge in [0.05, 0.1) is 0 Å². The molecule has 0 aliphatic carbocycles. The first-order valence-corrected chi connectivity index (χ1v) is 7.23. The van der Waals surface area contributed by atoms with Gasteiger partial charge in [0.25, 0.3) is 0 Å². The summed E-state index contributed by atoms with van der Waals surface area (Å²) in [4.78, 5) is 13.9. The smallest absolute Gasteiger partial charge is 0.244 e. The maximum absolute atomic E-state index is 12.4. The highest BCUT2D eigenvalue weighted by Crippen LogP contribution is 2.21. The van der Waals surface area contributed by atoms with Crippen molar-refractivity contribution in [3.63, 3.8) is 0 Å². The summed E-state index contributed by atoms with van der Waals surface area (Å²) in [6, 6.07) is 13.8. The van der Waals surface area contributed by atoms with Crippen LogP contribution in [0.2, 0.25) is 10.0 Å². The minimum absolute atomic E-state index is 0.155. The lowest BCUT2D eigenvalue weighted by molar-refractivity contribution is -0.131. The zero-order chi connectivity index (χ0) is 15.4. The van der Waals surface area contributed by atoms with Crippen LogP contribution in [0.1, 0.15) is 17.2 Å². The molecule has 0 radical (unpaired) electrons. The molecule has 2 aromatic rings. The number of carbonyl (C=O) groups is 1. The quantitative estimate of drug-likeness (QED) is 0.933. The number of hydrogen-bond donors (Lipinski definition) is 1. The molecule has 2 N–H and O–H groups in total. The van der Waals surface area contributed by atoms with Crippen molar-refractivity contribution < 1.29 is 4.79 Å². The van der Waals surface area contributed by atoms with Crippen LogP contribution in [-0.2, 0) is 11.3 Å². The predicted octanol–water partition coefficient (Wildman–Crippen LogP) is 3.65. The Kier molecular flexibility index (Phi) is 5.23. The molecule has 0 aliphatic rings. The van der Waals surface area contributed by atoms with E-state index in [0.717, 1.165) is 11.1 Å². The fourth-order valence-electron chi connectivity index (χ4n) is 2.09. The third-order valence-corrected chi connectivity index (χ3v) is 3.58. The van der Waals surface area contributed by atoms with Crippen LogP contribution < -0.4 is 5.73 Å². The van der Waals surface area contributed by atoms with E-state index in [4.69, 9.17) is 28.9 Å². The van der Waals surface area contributed by atoms with Crippen LogP contribution in [0.15, 0.2) is 48.5 Å². The first kappa shape index (κ1) is 15.8. The molecule has 0 bridgehead atoms. The summed E-state index contributed by atoms with van der Waals surface area (Å²) >= 11 is 11.9. The summed E-state index contributed by atoms with van der Waals surface area (Å²) in [5.41, 5.74) is 7.66. The molecular formula is C16H16Cl2N2O. The monoisotopic (exact) mass is 322 g/mol. The van der Waals surface area contributed by atoms with Crippen molar-refractivity contribution in [2.24, 2.45) is 5.73 Å². The van der Waals surface area contributed by atoms with E-state index in [9.17, 15) is 4.79 Å². The average Bonchev–Trinajstić information content (AvgIpc) is 2.45. The maximum Gasteiger partial charge on any atom is 0.244 e. The largest absolute Gasteiger partial charge is 0.340 e. The number of nitrogens with two attached hydrogens (primary N) is 1. The topological polar surface area (TPSA) is 46.3 Å². The normalized spacial score (nSPS) is 12.0. The van der Waals surface area contributed by atoms with Crippen molar-refractivity contribution in [1.82, 2.24) is 4.90 Å². The number of benzene rings is 2. The third-order valence-electron chi connectivity index (χ3n) is 3.14. The summed E-state index contributed by atoms with van der Waals surface area (Å²) in [5, 5.41) is 1.09. The minimum Gasteiger partial charge on any atom is -0.340 e. The number of nitrogens with zero attached hydrogens (tertiary/aromatic N) is 1. The number of likely N-dealkylation sites (N-methyl/N-ethyl adjacent to an activating group) is 1. The summed E-state index contributed by atoms with van der Waals surface area (Å²) in [7, 11) is 1.71. The lowest BCUT2D eigenvalue weighted by Crippen LogP contribution is -2.35. The molecule has 0 saturated carbocycles. The van der Waals surface area contributed by atoms with Gasteiger partial charge in [0.1, 0.15) is 6.04 Å². The Balaban J connectivity index is 2.09. The SMILES string of the molecule is CN(Cc1cc(Cl)cc(Cl)c1)C(=O)C(N)c1ccccc1. The van der Waals surface area contributed by atoms with E-state index in [2.05, 4.69) is 0 Å². The van der Waals surface area contributed by atoms with Gasteiger partial charge in [0, 0.05) is 23.6 Å². The number of hydrogen-bond acceptors (Lipinski definition) is 2. The van der Waals surface area contributed by atoms with E-state index in [1.807, 2.05) is 30.3 Å². The van der Waals surface area contributed by atoms with Crippen LogP contribution in [-0.4, -0.2) is 17.9 Å². The zero-order valence-electron chi connectivity index (χ0n) is 11.6. The maximum atomic E-state index is 12.4. The van der Waals surface area contributed by atoms with Gasteiger partial charge in [0.15, 0.2) is 0 Å². The second-order valence-electron chi connectivity index (χ2n) is 4.86. The van der Waals surface area contributed by atoms with Gasteiger partial charge in [0.2, 0.25) is 5.91 Å². The summed E-state index contributed by atoms with van der Waals surface area (Å²) in [6.45, 7) is 0.402. The lowest BCUT2D eigenvalue weighted by Gasteiger charge is -2.22. The van der Waals surface area contributed by atoms with Crippen LogP contribution in [0.5, 0.6) is 0 Å². The first-order chi connectivity index (χ1) is 9.97. The molecule has 2 rings (SSSR count). The van der Waals surface area contributed by atoms with E-state index < -0.39 is 6.04 Å². The van der Waals surface area contributed by atoms with E-state index >= 15 is 0 Å². The van der Waals surface area contributed by atoms with Gasteiger partial charge in [-0.25, -0.2) is 0 Å². The molecule has 110 valence electrons. The van der Waals surface area contributed by atoms with E-state index in [1.165, 1.54) is 0 Å². The summed E-state index contributed by atoms with van der Waals surface area (Å²) < 4.78 is 0. The predicted molar refractivity (Wildman–Crippen MR) is 86.3 cm³/mol. The Bertz CT molecular complexity index is 611. The summed E-state index contributed by atoms with van der Waals surface area (Å²) in [6.07, 6.45) is 0. The van der Waals surface area contributed by atoms with Crippen molar-refractivity contribution in [2.45, 2.75) is 12.6 Å². The van der Waals surface area contributed by atoms with Crippen molar-refractivity contribution >= 4 is 29.1 Å². The highest BCUT2D eigenvalue weighted by Gasteiger charge is 2.19. The van der Waals surface area contributed by atoms with Gasteiger partial charge in [-0.15, -0.1) is 0 Å². The molecule has 2 aromatic carbocycles. The molecule has 0 spiro atoms.